The van der Waals surface area contributed by atoms with Gasteiger partial charge in [-0.2, -0.15) is 0 Å². The fraction of sp³-hybridized carbons (Fsp3) is 0.844. The zero-order valence-corrected chi connectivity index (χ0v) is 59.4. The smallest absolute Gasteiger partial charge is 0.246 e. The van der Waals surface area contributed by atoms with E-state index in [-0.39, 0.29) is 179 Å². The highest BCUT2D eigenvalue weighted by Crippen LogP contribution is 2.26. The van der Waals surface area contributed by atoms with E-state index >= 15 is 0 Å². The molecule has 6 unspecified atom stereocenters. The number of ether oxygens (including phenoxy) is 10. The van der Waals surface area contributed by atoms with Crippen molar-refractivity contribution in [2.24, 2.45) is 0 Å². The molecule has 0 aromatic carbocycles. The van der Waals surface area contributed by atoms with Crippen LogP contribution in [-0.2, 0) is 95.3 Å². The van der Waals surface area contributed by atoms with E-state index in [0.29, 0.717) is 57.8 Å². The zero-order valence-electron chi connectivity index (χ0n) is 59.4. The van der Waals surface area contributed by atoms with E-state index in [1.807, 2.05) is 0 Å². The Labute approximate surface area is 598 Å². The van der Waals surface area contributed by atoms with Gasteiger partial charge in [0.2, 0.25) is 59.1 Å². The molecule has 3 saturated heterocycles. The molecule has 3 aliphatic heterocycles. The number of hydrogen-bond donors (Lipinski definition) is 19. The molecule has 103 heavy (non-hydrogen) atoms. The summed E-state index contributed by atoms with van der Waals surface area (Å²) in [7, 11) is 1.31. The third-order valence-electron chi connectivity index (χ3n) is 16.2. The maximum Gasteiger partial charge on any atom is 0.246 e. The highest BCUT2D eigenvalue weighted by atomic mass is 16.7. The van der Waals surface area contributed by atoms with Gasteiger partial charge in [-0.1, -0.05) is 0 Å². The molecule has 39 nitrogen and oxygen atoms in total. The van der Waals surface area contributed by atoms with Crippen molar-refractivity contribution >= 4 is 59.1 Å². The molecule has 0 aliphatic carbocycles. The largest absolute Gasteiger partial charge is 0.394 e. The molecule has 0 radical (unpaired) electrons. The summed E-state index contributed by atoms with van der Waals surface area (Å²) in [5, 5.41) is 117. The van der Waals surface area contributed by atoms with Crippen molar-refractivity contribution in [1.82, 2.24) is 53.2 Å². The molecule has 0 bridgehead atoms. The maximum atomic E-state index is 13.1. The topological polar surface area (TPSA) is 565 Å². The molecular weight excluding hydrogens is 1370 g/mol. The molecule has 15 atom stereocenters. The van der Waals surface area contributed by atoms with Gasteiger partial charge in [0, 0.05) is 125 Å². The number of aliphatic hydroxyl groups is 9. The summed E-state index contributed by atoms with van der Waals surface area (Å²) in [4.78, 5) is 124. The Kier molecular flexibility index (Phi) is 46.0. The van der Waals surface area contributed by atoms with Crippen molar-refractivity contribution < 1.29 is 141 Å². The number of amides is 10. The Bertz CT molecular complexity index is 2270. The SMILES string of the molecule is COCC(=O)NC(COCCC(=O)NCCCNC(=O)CCCCO[C@@H]1OC(CO)[C@H](O)[C@H](O)C1NC(C)=O)(COCCC(=O)NCCCNC(=O)CCCCO[C@@H]1OC(CO)[C@H](O)[C@H](O)C1NC(C)=O)COCCC(=O)NCCCNC(=O)CCCCO[C@@H]1OC(CO)[C@H](O)[C@H](O)C1NC(C)=O. The summed E-state index contributed by atoms with van der Waals surface area (Å²) in [6.45, 7) is 1.92. The fourth-order valence-electron chi connectivity index (χ4n) is 10.8. The quantitative estimate of drug-likeness (QED) is 0.0252. The highest BCUT2D eigenvalue weighted by molar-refractivity contribution is 5.79. The van der Waals surface area contributed by atoms with Crippen LogP contribution < -0.4 is 53.2 Å². The van der Waals surface area contributed by atoms with Gasteiger partial charge in [-0.25, -0.2) is 0 Å². The van der Waals surface area contributed by atoms with Gasteiger partial charge in [0.15, 0.2) is 18.9 Å². The number of carbonyl (C=O) groups is 10. The van der Waals surface area contributed by atoms with Gasteiger partial charge < -0.3 is 146 Å². The summed E-state index contributed by atoms with van der Waals surface area (Å²) in [5.74, 6) is -3.97. The van der Waals surface area contributed by atoms with Gasteiger partial charge in [0.1, 0.15) is 85.2 Å². The minimum absolute atomic E-state index is 0.0807. The Morgan fingerprint density at radius 2 is 0.612 bits per heavy atom. The third kappa shape index (κ3) is 36.7. The van der Waals surface area contributed by atoms with Gasteiger partial charge >= 0.3 is 0 Å². The maximum absolute atomic E-state index is 13.1. The van der Waals surface area contributed by atoms with Crippen molar-refractivity contribution in [1.29, 1.82) is 0 Å². The number of nitrogens with one attached hydrogen (secondary N) is 10. The van der Waals surface area contributed by atoms with Gasteiger partial charge in [-0.15, -0.1) is 0 Å². The molecule has 3 aliphatic rings. The molecule has 19 N–H and O–H groups in total. The lowest BCUT2D eigenvalue weighted by molar-refractivity contribution is -0.270. The normalized spacial score (nSPS) is 25.2. The summed E-state index contributed by atoms with van der Waals surface area (Å²) in [5.41, 5.74) is -1.45. The van der Waals surface area contributed by atoms with Crippen LogP contribution in [0.4, 0.5) is 0 Å². The lowest BCUT2D eigenvalue weighted by Gasteiger charge is -2.42. The summed E-state index contributed by atoms with van der Waals surface area (Å²) >= 11 is 0. The Morgan fingerprint density at radius 1 is 0.350 bits per heavy atom. The number of methoxy groups -OCH3 is 1. The van der Waals surface area contributed by atoms with Crippen molar-refractivity contribution in [3.05, 3.63) is 0 Å². The first-order chi connectivity index (χ1) is 49.3. The van der Waals surface area contributed by atoms with Crippen LogP contribution in [0.2, 0.25) is 0 Å². The van der Waals surface area contributed by atoms with E-state index < -0.39 is 141 Å². The monoisotopic (exact) mass is 1490 g/mol. The molecule has 10 amide bonds. The first-order valence-corrected chi connectivity index (χ1v) is 35.0. The minimum atomic E-state index is -1.46. The molecule has 39 heteroatoms. The van der Waals surface area contributed by atoms with Crippen LogP contribution in [0.5, 0.6) is 0 Å². The van der Waals surface area contributed by atoms with Gasteiger partial charge in [-0.05, 0) is 57.8 Å². The van der Waals surface area contributed by atoms with Crippen LogP contribution in [0, 0.1) is 0 Å². The second-order valence-corrected chi connectivity index (χ2v) is 25.1. The predicted octanol–water partition coefficient (Wildman–Crippen LogP) is -8.03. The molecule has 3 rings (SSSR count). The van der Waals surface area contributed by atoms with Crippen molar-refractivity contribution in [3.63, 3.8) is 0 Å². The Hall–Kier alpha value is -6.06. The van der Waals surface area contributed by atoms with E-state index in [1.165, 1.54) is 27.9 Å². The number of aliphatic hydroxyl groups excluding tert-OH is 9. The molecule has 0 saturated carbocycles. The van der Waals surface area contributed by atoms with E-state index in [4.69, 9.17) is 47.4 Å². The molecule has 594 valence electrons. The standard InChI is InChI=1S/C64H114N10O29/c1-39(78)71-52-58(91)55(88)42(32-75)101-61(52)98-26-8-5-14-45(81)65-20-11-23-68-48(84)17-29-95-36-64(74-51(87)35-94-4,37-96-30-18-49(85)69-24-12-21-66-46(82)15-6-9-27-99-62-53(72-40(2)79)59(92)56(89)43(33-76)102-62)38-97-31-19-50(86)70-25-13-22-67-47(83)16-7-10-28-100-63-54(73-41(3)80)60(93)57(90)44(34-77)103-63/h42-44,52-63,75-77,88-93H,5-38H2,1-4H3,(H,65,81)(H,66,82)(H,67,83)(H,68,84)(H,69,85)(H,70,86)(H,71,78)(H,72,79)(H,73,80)(H,74,87)/t42?,43?,44?,52?,53?,54?,55-,56-,57-,58+,59+,60+,61+,62+,63+,64?/m0/s1. The van der Waals surface area contributed by atoms with Crippen LogP contribution >= 0.6 is 0 Å². The van der Waals surface area contributed by atoms with Crippen LogP contribution in [0.3, 0.4) is 0 Å². The molecule has 3 heterocycles. The number of unbranched alkanes of at least 4 members (excludes halogenated alkanes) is 3. The Morgan fingerprint density at radius 3 is 0.854 bits per heavy atom. The molecule has 0 spiro atoms. The third-order valence-corrected chi connectivity index (χ3v) is 16.2. The molecule has 3 fully saturated rings. The second kappa shape index (κ2) is 52.0. The lowest BCUT2D eigenvalue weighted by atomic mass is 9.97. The highest BCUT2D eigenvalue weighted by Gasteiger charge is 2.48. The Balaban J connectivity index is 1.44. The van der Waals surface area contributed by atoms with Crippen LogP contribution in [0.1, 0.15) is 117 Å². The van der Waals surface area contributed by atoms with E-state index in [1.54, 1.807) is 0 Å². The van der Waals surface area contributed by atoms with Gasteiger partial charge in [0.25, 0.3) is 0 Å². The van der Waals surface area contributed by atoms with Crippen LogP contribution in [-0.4, -0.2) is 335 Å². The second-order valence-electron chi connectivity index (χ2n) is 25.1. The summed E-state index contributed by atoms with van der Waals surface area (Å²) < 4.78 is 56.6. The predicted molar refractivity (Wildman–Crippen MR) is 356 cm³/mol. The molecule has 0 aromatic rings. The summed E-state index contributed by atoms with van der Waals surface area (Å²) in [6.07, 6.45) is -11.9. The van der Waals surface area contributed by atoms with Gasteiger partial charge in [-0.3, -0.25) is 47.9 Å². The van der Waals surface area contributed by atoms with Crippen molar-refractivity contribution in [3.8, 4) is 0 Å². The van der Waals surface area contributed by atoms with Crippen molar-refractivity contribution in [2.45, 2.75) is 215 Å². The van der Waals surface area contributed by atoms with Crippen molar-refractivity contribution in [2.75, 3.05) is 132 Å². The number of carbonyl (C=O) groups excluding carboxylic acids is 10. The average Bonchev–Trinajstić information content (AvgIpc) is 0.823. The minimum Gasteiger partial charge on any atom is -0.394 e. The lowest BCUT2D eigenvalue weighted by Crippen LogP contribution is -2.64. The van der Waals surface area contributed by atoms with E-state index in [2.05, 4.69) is 53.2 Å². The van der Waals surface area contributed by atoms with Crippen LogP contribution in [0.25, 0.3) is 0 Å². The first-order valence-electron chi connectivity index (χ1n) is 35.0. The summed E-state index contributed by atoms with van der Waals surface area (Å²) in [6, 6.07) is -3.27. The fourth-order valence-corrected chi connectivity index (χ4v) is 10.8. The zero-order chi connectivity index (χ0) is 76.1. The number of hydrogen-bond acceptors (Lipinski definition) is 29. The van der Waals surface area contributed by atoms with E-state index in [0.717, 1.165) is 0 Å². The molecular formula is C64H114N10O29. The van der Waals surface area contributed by atoms with Crippen LogP contribution in [0.15, 0.2) is 0 Å². The number of rotatable bonds is 54. The van der Waals surface area contributed by atoms with E-state index in [9.17, 15) is 93.9 Å². The molecule has 0 aromatic heterocycles. The first kappa shape index (κ1) is 91.2. The average molecular weight is 1490 g/mol. The van der Waals surface area contributed by atoms with Gasteiger partial charge in [0.05, 0.1) is 59.5 Å².